The van der Waals surface area contributed by atoms with Crippen molar-refractivity contribution in [3.8, 4) is 0 Å². The van der Waals surface area contributed by atoms with Gasteiger partial charge in [0.15, 0.2) is 0 Å². The van der Waals surface area contributed by atoms with Crippen LogP contribution in [-0.2, 0) is 28.4 Å². The lowest BCUT2D eigenvalue weighted by Gasteiger charge is -2.14. The van der Waals surface area contributed by atoms with Crippen LogP contribution in [0.25, 0.3) is 0 Å². The minimum absolute atomic E-state index is 0. The third-order valence-electron chi connectivity index (χ3n) is 3.49. The van der Waals surface area contributed by atoms with Crippen molar-refractivity contribution in [1.29, 1.82) is 0 Å². The number of benzene rings is 1. The summed E-state index contributed by atoms with van der Waals surface area (Å²) < 4.78 is 28.2. The normalized spacial score (nSPS) is 12.3. The molecule has 1 heterocycles. The van der Waals surface area contributed by atoms with Gasteiger partial charge in [0.2, 0.25) is 15.9 Å². The molecular formula is C16H24ClN5O3S. The first kappa shape index (κ1) is 22.1. The summed E-state index contributed by atoms with van der Waals surface area (Å²) in [7, 11) is -2.18. The zero-order valence-corrected chi connectivity index (χ0v) is 16.5. The third kappa shape index (κ3) is 6.10. The van der Waals surface area contributed by atoms with E-state index in [4.69, 9.17) is 0 Å². The van der Waals surface area contributed by atoms with E-state index in [1.807, 2.05) is 25.1 Å². The Morgan fingerprint density at radius 3 is 2.69 bits per heavy atom. The summed E-state index contributed by atoms with van der Waals surface area (Å²) in [6.45, 7) is 5.06. The Labute approximate surface area is 159 Å². The number of aryl methyl sites for hydroxylation is 1. The summed E-state index contributed by atoms with van der Waals surface area (Å²) in [5, 5.41) is 9.76. The van der Waals surface area contributed by atoms with E-state index < -0.39 is 22.0 Å². The monoisotopic (exact) mass is 401 g/mol. The maximum atomic E-state index is 12.3. The summed E-state index contributed by atoms with van der Waals surface area (Å²) in [5.41, 5.74) is 1.65. The number of amides is 1. The van der Waals surface area contributed by atoms with E-state index >= 15 is 0 Å². The largest absolute Gasteiger partial charge is 0.325 e. The van der Waals surface area contributed by atoms with Crippen molar-refractivity contribution in [2.45, 2.75) is 31.3 Å². The van der Waals surface area contributed by atoms with Crippen LogP contribution in [0.3, 0.4) is 0 Å². The predicted molar refractivity (Wildman–Crippen MR) is 103 cm³/mol. The number of anilines is 1. The summed E-state index contributed by atoms with van der Waals surface area (Å²) >= 11 is 0. The topological polar surface area (TPSA) is 105 Å². The lowest BCUT2D eigenvalue weighted by Crippen LogP contribution is -2.41. The second kappa shape index (κ2) is 9.67. The Morgan fingerprint density at radius 1 is 1.35 bits per heavy atom. The smallest absolute Gasteiger partial charge is 0.244 e. The first-order valence-electron chi connectivity index (χ1n) is 7.93. The predicted octanol–water partition coefficient (Wildman–Crippen LogP) is 1.26. The van der Waals surface area contributed by atoms with Gasteiger partial charge in [-0.3, -0.25) is 9.48 Å². The highest BCUT2D eigenvalue weighted by Gasteiger charge is 2.23. The lowest BCUT2D eigenvalue weighted by molar-refractivity contribution is -0.117. The van der Waals surface area contributed by atoms with Gasteiger partial charge in [0.25, 0.3) is 0 Å². The molecule has 0 saturated heterocycles. The molecule has 1 aromatic heterocycles. The van der Waals surface area contributed by atoms with Crippen LogP contribution in [0, 0.1) is 0 Å². The Bertz CT molecular complexity index is 838. The van der Waals surface area contributed by atoms with Gasteiger partial charge in [0.05, 0.1) is 12.2 Å². The average molecular weight is 402 g/mol. The summed E-state index contributed by atoms with van der Waals surface area (Å²) in [6, 6.07) is 6.47. The fourth-order valence-electron chi connectivity index (χ4n) is 2.17. The van der Waals surface area contributed by atoms with E-state index in [1.165, 1.54) is 24.0 Å². The molecule has 0 bridgehead atoms. The van der Waals surface area contributed by atoms with Crippen LogP contribution in [0.2, 0.25) is 0 Å². The highest BCUT2D eigenvalue weighted by molar-refractivity contribution is 7.89. The molecule has 1 atom stereocenters. The third-order valence-corrected chi connectivity index (χ3v) is 4.99. The summed E-state index contributed by atoms with van der Waals surface area (Å²) in [5.74, 6) is -0.437. The van der Waals surface area contributed by atoms with Crippen molar-refractivity contribution in [1.82, 2.24) is 19.8 Å². The number of carbonyl (C=O) groups excluding carboxylic acids is 1. The van der Waals surface area contributed by atoms with Crippen LogP contribution in [0.4, 0.5) is 5.69 Å². The van der Waals surface area contributed by atoms with Crippen molar-refractivity contribution in [2.75, 3.05) is 11.9 Å². The maximum Gasteiger partial charge on any atom is 0.244 e. The minimum Gasteiger partial charge on any atom is -0.325 e. The van der Waals surface area contributed by atoms with Crippen LogP contribution in [-0.4, -0.2) is 36.7 Å². The van der Waals surface area contributed by atoms with Gasteiger partial charge in [-0.25, -0.2) is 8.42 Å². The van der Waals surface area contributed by atoms with Crippen LogP contribution >= 0.6 is 12.4 Å². The van der Waals surface area contributed by atoms with Crippen molar-refractivity contribution in [3.05, 3.63) is 42.2 Å². The second-order valence-corrected chi connectivity index (χ2v) is 7.38. The molecule has 0 aliphatic carbocycles. The van der Waals surface area contributed by atoms with Crippen LogP contribution in [0.5, 0.6) is 0 Å². The quantitative estimate of drug-likeness (QED) is 0.617. The summed E-state index contributed by atoms with van der Waals surface area (Å²) in [6.07, 6.45) is 2.61. The van der Waals surface area contributed by atoms with Gasteiger partial charge < -0.3 is 10.6 Å². The van der Waals surface area contributed by atoms with Gasteiger partial charge in [0, 0.05) is 25.5 Å². The molecule has 2 aromatic rings. The summed E-state index contributed by atoms with van der Waals surface area (Å²) in [4.78, 5) is 12.3. The number of halogens is 1. The number of rotatable bonds is 8. The molecule has 1 aromatic carbocycles. The van der Waals surface area contributed by atoms with E-state index in [2.05, 4.69) is 20.5 Å². The molecule has 0 fully saturated rings. The fourth-order valence-corrected chi connectivity index (χ4v) is 3.36. The maximum absolute atomic E-state index is 12.3. The molecule has 10 heteroatoms. The molecule has 3 N–H and O–H groups in total. The Morgan fingerprint density at radius 2 is 2.08 bits per heavy atom. The van der Waals surface area contributed by atoms with E-state index in [-0.39, 0.29) is 17.3 Å². The molecule has 0 spiro atoms. The SMILES string of the molecule is CCNCc1cccc(NC(=O)C(C)NS(=O)(=O)c2cnn(C)c2)c1.Cl. The molecular weight excluding hydrogens is 378 g/mol. The van der Waals surface area contributed by atoms with E-state index in [9.17, 15) is 13.2 Å². The lowest BCUT2D eigenvalue weighted by atomic mass is 10.2. The molecule has 26 heavy (non-hydrogen) atoms. The number of nitrogens with zero attached hydrogens (tertiary/aromatic N) is 2. The zero-order valence-electron chi connectivity index (χ0n) is 14.9. The number of sulfonamides is 1. The molecule has 1 unspecified atom stereocenters. The van der Waals surface area contributed by atoms with Gasteiger partial charge in [-0.05, 0) is 31.2 Å². The van der Waals surface area contributed by atoms with Crippen molar-refractivity contribution >= 4 is 34.0 Å². The van der Waals surface area contributed by atoms with Gasteiger partial charge in [-0.2, -0.15) is 9.82 Å². The van der Waals surface area contributed by atoms with Gasteiger partial charge in [-0.15, -0.1) is 12.4 Å². The van der Waals surface area contributed by atoms with Crippen molar-refractivity contribution < 1.29 is 13.2 Å². The first-order valence-corrected chi connectivity index (χ1v) is 9.41. The van der Waals surface area contributed by atoms with Crippen molar-refractivity contribution in [2.24, 2.45) is 7.05 Å². The molecule has 0 saturated carbocycles. The Kier molecular flexibility index (Phi) is 8.22. The number of hydrogen-bond donors (Lipinski definition) is 3. The molecule has 0 radical (unpaired) electrons. The number of nitrogens with one attached hydrogen (secondary N) is 3. The van der Waals surface area contributed by atoms with Crippen LogP contribution in [0.15, 0.2) is 41.6 Å². The molecule has 1 amide bonds. The highest BCUT2D eigenvalue weighted by Crippen LogP contribution is 2.12. The van der Waals surface area contributed by atoms with Gasteiger partial charge in [-0.1, -0.05) is 19.1 Å². The Balaban J connectivity index is 0.00000338. The first-order chi connectivity index (χ1) is 11.8. The molecule has 2 rings (SSSR count). The molecule has 0 aliphatic rings. The Hall–Kier alpha value is -1.94. The molecule has 8 nitrogen and oxygen atoms in total. The molecule has 0 aliphatic heterocycles. The zero-order chi connectivity index (χ0) is 18.4. The minimum atomic E-state index is -3.80. The van der Waals surface area contributed by atoms with Crippen molar-refractivity contribution in [3.63, 3.8) is 0 Å². The highest BCUT2D eigenvalue weighted by atomic mass is 35.5. The van der Waals surface area contributed by atoms with Gasteiger partial charge in [0.1, 0.15) is 4.90 Å². The van der Waals surface area contributed by atoms with E-state index in [0.717, 1.165) is 12.1 Å². The van der Waals surface area contributed by atoms with E-state index in [1.54, 1.807) is 13.1 Å². The second-order valence-electron chi connectivity index (χ2n) is 5.66. The van der Waals surface area contributed by atoms with Gasteiger partial charge >= 0.3 is 0 Å². The van der Waals surface area contributed by atoms with Crippen LogP contribution < -0.4 is 15.4 Å². The number of carbonyl (C=O) groups is 1. The molecule has 144 valence electrons. The fraction of sp³-hybridized carbons (Fsp3) is 0.375. The van der Waals surface area contributed by atoms with E-state index in [0.29, 0.717) is 12.2 Å². The number of aromatic nitrogens is 2. The van der Waals surface area contributed by atoms with Crippen LogP contribution in [0.1, 0.15) is 19.4 Å². The standard InChI is InChI=1S/C16H23N5O3S.ClH/c1-4-17-9-13-6-5-7-14(8-13)19-16(22)12(2)20-25(23,24)15-10-18-21(3)11-15;/h5-8,10-12,17,20H,4,9H2,1-3H3,(H,19,22);1H. The average Bonchev–Trinajstić information content (AvgIpc) is 3.00. The number of hydrogen-bond acceptors (Lipinski definition) is 5.